The highest BCUT2D eigenvalue weighted by atomic mass is 32.2. The number of amides is 3. The zero-order chi connectivity index (χ0) is 14.8. The SMILES string of the molecule is O=C1CCCN1CC(=O)N1CCC[C@@H]1C(=O)N1CCSC1. The van der Waals surface area contributed by atoms with Crippen molar-refractivity contribution in [3.63, 3.8) is 0 Å². The van der Waals surface area contributed by atoms with Crippen LogP contribution in [0.2, 0.25) is 0 Å². The standard InChI is InChI=1S/C14H21N3O3S/c18-12-4-2-5-15(12)9-13(19)17-6-1-3-11(17)14(20)16-7-8-21-10-16/h11H,1-10H2/t11-/m1/s1. The van der Waals surface area contributed by atoms with Crippen LogP contribution in [0.25, 0.3) is 0 Å². The van der Waals surface area contributed by atoms with Gasteiger partial charge in [-0.05, 0) is 19.3 Å². The Morgan fingerprint density at radius 1 is 1.19 bits per heavy atom. The minimum Gasteiger partial charge on any atom is -0.333 e. The van der Waals surface area contributed by atoms with Crippen molar-refractivity contribution in [3.05, 3.63) is 0 Å². The van der Waals surface area contributed by atoms with Gasteiger partial charge in [0.05, 0.1) is 12.4 Å². The van der Waals surface area contributed by atoms with Gasteiger partial charge in [0.25, 0.3) is 0 Å². The second-order valence-electron chi connectivity index (χ2n) is 5.80. The molecule has 3 heterocycles. The van der Waals surface area contributed by atoms with Crippen LogP contribution in [0.4, 0.5) is 0 Å². The molecular weight excluding hydrogens is 290 g/mol. The van der Waals surface area contributed by atoms with Gasteiger partial charge < -0.3 is 14.7 Å². The highest BCUT2D eigenvalue weighted by Gasteiger charge is 2.38. The van der Waals surface area contributed by atoms with E-state index in [1.165, 1.54) is 0 Å². The van der Waals surface area contributed by atoms with Crippen LogP contribution in [0.5, 0.6) is 0 Å². The Kier molecular flexibility index (Phi) is 4.37. The van der Waals surface area contributed by atoms with Crippen LogP contribution >= 0.6 is 11.8 Å². The third kappa shape index (κ3) is 3.02. The Hall–Kier alpha value is -1.24. The van der Waals surface area contributed by atoms with E-state index in [1.54, 1.807) is 21.6 Å². The van der Waals surface area contributed by atoms with E-state index in [4.69, 9.17) is 0 Å². The fourth-order valence-electron chi connectivity index (χ4n) is 3.25. The second kappa shape index (κ2) is 6.25. The highest BCUT2D eigenvalue weighted by Crippen LogP contribution is 2.23. The van der Waals surface area contributed by atoms with Crippen molar-refractivity contribution in [1.29, 1.82) is 0 Å². The molecule has 6 nitrogen and oxygen atoms in total. The number of likely N-dealkylation sites (tertiary alicyclic amines) is 2. The topological polar surface area (TPSA) is 60.9 Å². The van der Waals surface area contributed by atoms with E-state index in [0.717, 1.165) is 37.4 Å². The summed E-state index contributed by atoms with van der Waals surface area (Å²) in [5.74, 6) is 1.78. The number of carbonyl (C=O) groups is 3. The van der Waals surface area contributed by atoms with E-state index in [1.807, 2.05) is 4.90 Å². The van der Waals surface area contributed by atoms with E-state index in [9.17, 15) is 14.4 Å². The lowest BCUT2D eigenvalue weighted by Crippen LogP contribution is -2.49. The Labute approximate surface area is 128 Å². The van der Waals surface area contributed by atoms with Crippen LogP contribution < -0.4 is 0 Å². The van der Waals surface area contributed by atoms with E-state index in [2.05, 4.69) is 0 Å². The molecule has 3 fully saturated rings. The summed E-state index contributed by atoms with van der Waals surface area (Å²) in [5.41, 5.74) is 0. The van der Waals surface area contributed by atoms with Crippen LogP contribution in [0.1, 0.15) is 25.7 Å². The quantitative estimate of drug-likeness (QED) is 0.743. The third-order valence-electron chi connectivity index (χ3n) is 4.42. The van der Waals surface area contributed by atoms with Crippen molar-refractivity contribution in [2.75, 3.05) is 37.8 Å². The summed E-state index contributed by atoms with van der Waals surface area (Å²) in [7, 11) is 0. The summed E-state index contributed by atoms with van der Waals surface area (Å²) in [6, 6.07) is -0.311. The zero-order valence-electron chi connectivity index (χ0n) is 12.1. The molecule has 7 heteroatoms. The zero-order valence-corrected chi connectivity index (χ0v) is 12.9. The van der Waals surface area contributed by atoms with Gasteiger partial charge in [-0.3, -0.25) is 14.4 Å². The monoisotopic (exact) mass is 311 g/mol. The van der Waals surface area contributed by atoms with E-state index < -0.39 is 0 Å². The van der Waals surface area contributed by atoms with Crippen molar-refractivity contribution in [2.45, 2.75) is 31.7 Å². The van der Waals surface area contributed by atoms with Crippen molar-refractivity contribution in [3.8, 4) is 0 Å². The first kappa shape index (κ1) is 14.7. The maximum absolute atomic E-state index is 12.5. The summed E-state index contributed by atoms with van der Waals surface area (Å²) < 4.78 is 0. The molecule has 116 valence electrons. The predicted octanol–water partition coefficient (Wildman–Crippen LogP) is 0.133. The molecule has 21 heavy (non-hydrogen) atoms. The molecule has 0 aromatic carbocycles. The first-order chi connectivity index (χ1) is 10.2. The Balaban J connectivity index is 1.61. The fourth-order valence-corrected chi connectivity index (χ4v) is 4.20. The lowest BCUT2D eigenvalue weighted by atomic mass is 10.2. The molecule has 0 aromatic rings. The van der Waals surface area contributed by atoms with Gasteiger partial charge in [0, 0.05) is 31.8 Å². The summed E-state index contributed by atoms with van der Waals surface area (Å²) in [6.07, 6.45) is 3.00. The summed E-state index contributed by atoms with van der Waals surface area (Å²) >= 11 is 1.75. The number of rotatable bonds is 3. The van der Waals surface area contributed by atoms with Gasteiger partial charge >= 0.3 is 0 Å². The number of hydrogen-bond acceptors (Lipinski definition) is 4. The minimum atomic E-state index is -0.311. The van der Waals surface area contributed by atoms with Crippen LogP contribution in [-0.2, 0) is 14.4 Å². The van der Waals surface area contributed by atoms with Crippen LogP contribution in [0, 0.1) is 0 Å². The Morgan fingerprint density at radius 3 is 2.71 bits per heavy atom. The number of thioether (sulfide) groups is 1. The molecule has 0 radical (unpaired) electrons. The van der Waals surface area contributed by atoms with E-state index in [0.29, 0.717) is 19.5 Å². The van der Waals surface area contributed by atoms with Gasteiger partial charge in [0.15, 0.2) is 0 Å². The molecule has 3 rings (SSSR count). The number of nitrogens with zero attached hydrogens (tertiary/aromatic N) is 3. The molecule has 0 spiro atoms. The average Bonchev–Trinajstić information content (AvgIpc) is 3.19. The molecule has 0 aliphatic carbocycles. The Bertz CT molecular complexity index is 451. The molecule has 1 atom stereocenters. The second-order valence-corrected chi connectivity index (χ2v) is 6.88. The molecule has 0 N–H and O–H groups in total. The first-order valence-electron chi connectivity index (χ1n) is 7.60. The molecular formula is C14H21N3O3S. The van der Waals surface area contributed by atoms with Gasteiger partial charge in [0.1, 0.15) is 6.04 Å². The number of carbonyl (C=O) groups excluding carboxylic acids is 3. The predicted molar refractivity (Wildman–Crippen MR) is 79.6 cm³/mol. The van der Waals surface area contributed by atoms with Crippen LogP contribution in [-0.4, -0.2) is 76.3 Å². The maximum atomic E-state index is 12.5. The molecule has 0 bridgehead atoms. The molecule has 0 unspecified atom stereocenters. The van der Waals surface area contributed by atoms with Crippen LogP contribution in [0.3, 0.4) is 0 Å². The largest absolute Gasteiger partial charge is 0.333 e. The first-order valence-corrected chi connectivity index (χ1v) is 8.76. The van der Waals surface area contributed by atoms with Crippen molar-refractivity contribution < 1.29 is 14.4 Å². The van der Waals surface area contributed by atoms with E-state index in [-0.39, 0.29) is 30.3 Å². The number of hydrogen-bond donors (Lipinski definition) is 0. The van der Waals surface area contributed by atoms with Crippen molar-refractivity contribution >= 4 is 29.5 Å². The van der Waals surface area contributed by atoms with Gasteiger partial charge in [0.2, 0.25) is 17.7 Å². The fraction of sp³-hybridized carbons (Fsp3) is 0.786. The van der Waals surface area contributed by atoms with Gasteiger partial charge in [-0.1, -0.05) is 0 Å². The lowest BCUT2D eigenvalue weighted by molar-refractivity contribution is -0.145. The molecule has 3 amide bonds. The van der Waals surface area contributed by atoms with Crippen LogP contribution in [0.15, 0.2) is 0 Å². The normalized spacial score (nSPS) is 26.0. The van der Waals surface area contributed by atoms with Gasteiger partial charge in [-0.25, -0.2) is 0 Å². The Morgan fingerprint density at radius 2 is 2.05 bits per heavy atom. The highest BCUT2D eigenvalue weighted by molar-refractivity contribution is 7.99. The third-order valence-corrected chi connectivity index (χ3v) is 5.39. The minimum absolute atomic E-state index is 0.0568. The summed E-state index contributed by atoms with van der Waals surface area (Å²) in [5, 5.41) is 0. The lowest BCUT2D eigenvalue weighted by Gasteiger charge is -2.28. The average molecular weight is 311 g/mol. The van der Waals surface area contributed by atoms with Crippen molar-refractivity contribution in [2.24, 2.45) is 0 Å². The van der Waals surface area contributed by atoms with Gasteiger partial charge in [-0.15, -0.1) is 11.8 Å². The summed E-state index contributed by atoms with van der Waals surface area (Å²) in [4.78, 5) is 41.7. The van der Waals surface area contributed by atoms with Gasteiger partial charge in [-0.2, -0.15) is 0 Å². The molecule has 0 aromatic heterocycles. The maximum Gasteiger partial charge on any atom is 0.246 e. The van der Waals surface area contributed by atoms with Crippen molar-refractivity contribution in [1.82, 2.24) is 14.7 Å². The molecule has 3 aliphatic heterocycles. The van der Waals surface area contributed by atoms with E-state index >= 15 is 0 Å². The molecule has 3 saturated heterocycles. The smallest absolute Gasteiger partial charge is 0.246 e. The molecule has 3 aliphatic rings. The molecule has 0 saturated carbocycles. The summed E-state index contributed by atoms with van der Waals surface area (Å²) in [6.45, 7) is 2.22.